The Bertz CT molecular complexity index is 310. The van der Waals surface area contributed by atoms with E-state index in [1.807, 2.05) is 24.3 Å². The maximum Gasteiger partial charge on any atom is 0.121 e. The number of ether oxygens (including phenoxy) is 1. The van der Waals surface area contributed by atoms with E-state index >= 15 is 0 Å². The van der Waals surface area contributed by atoms with Crippen molar-refractivity contribution in [2.24, 2.45) is 5.73 Å². The minimum atomic E-state index is -0.0548. The molecule has 1 aromatic carbocycles. The van der Waals surface area contributed by atoms with Gasteiger partial charge in [-0.05, 0) is 31.0 Å². The number of benzene rings is 1. The second-order valence-electron chi connectivity index (χ2n) is 3.45. The molecule has 0 spiro atoms. The Balaban J connectivity index is 2.09. The number of rotatable bonds is 3. The Morgan fingerprint density at radius 2 is 2.23 bits per heavy atom. The summed E-state index contributed by atoms with van der Waals surface area (Å²) >= 11 is 3.40. The monoisotopic (exact) mass is 241 g/mol. The van der Waals surface area contributed by atoms with Crippen molar-refractivity contribution in [2.75, 3.05) is 6.54 Å². The van der Waals surface area contributed by atoms with Crippen LogP contribution >= 0.6 is 15.9 Å². The molecule has 70 valence electrons. The van der Waals surface area contributed by atoms with E-state index in [2.05, 4.69) is 15.9 Å². The molecule has 1 saturated carbocycles. The van der Waals surface area contributed by atoms with Crippen molar-refractivity contribution in [3.05, 3.63) is 28.7 Å². The molecule has 1 aliphatic rings. The van der Waals surface area contributed by atoms with Gasteiger partial charge in [-0.15, -0.1) is 0 Å². The van der Waals surface area contributed by atoms with Crippen molar-refractivity contribution in [1.29, 1.82) is 0 Å². The molecule has 2 N–H and O–H groups in total. The van der Waals surface area contributed by atoms with Gasteiger partial charge in [0.05, 0.1) is 0 Å². The highest BCUT2D eigenvalue weighted by Crippen LogP contribution is 2.39. The van der Waals surface area contributed by atoms with Crippen LogP contribution in [0.1, 0.15) is 12.8 Å². The zero-order chi connectivity index (χ0) is 9.31. The normalized spacial score (nSPS) is 18.3. The SMILES string of the molecule is NCC1(Oc2cccc(Br)c2)CC1. The second kappa shape index (κ2) is 3.31. The maximum absolute atomic E-state index is 5.79. The van der Waals surface area contributed by atoms with Gasteiger partial charge in [0.25, 0.3) is 0 Å². The van der Waals surface area contributed by atoms with Gasteiger partial charge < -0.3 is 10.5 Å². The molecule has 0 saturated heterocycles. The number of nitrogens with two attached hydrogens (primary N) is 1. The summed E-state index contributed by atoms with van der Waals surface area (Å²) in [6.07, 6.45) is 2.16. The topological polar surface area (TPSA) is 35.2 Å². The predicted molar refractivity (Wildman–Crippen MR) is 55.8 cm³/mol. The van der Waals surface area contributed by atoms with Crippen molar-refractivity contribution in [3.63, 3.8) is 0 Å². The molecule has 2 rings (SSSR count). The summed E-state index contributed by atoms with van der Waals surface area (Å²) < 4.78 is 6.83. The van der Waals surface area contributed by atoms with Crippen LogP contribution in [0.3, 0.4) is 0 Å². The lowest BCUT2D eigenvalue weighted by atomic mass is 10.3. The highest BCUT2D eigenvalue weighted by molar-refractivity contribution is 9.10. The lowest BCUT2D eigenvalue weighted by Gasteiger charge is -2.15. The molecular weight excluding hydrogens is 230 g/mol. The predicted octanol–water partition coefficient (Wildman–Crippen LogP) is 2.32. The van der Waals surface area contributed by atoms with E-state index in [1.165, 1.54) is 0 Å². The Hall–Kier alpha value is -0.540. The first kappa shape index (κ1) is 9.03. The molecule has 2 nitrogen and oxygen atoms in total. The molecule has 0 unspecified atom stereocenters. The zero-order valence-corrected chi connectivity index (χ0v) is 8.88. The summed E-state index contributed by atoms with van der Waals surface area (Å²) in [5.41, 5.74) is 5.56. The third-order valence-electron chi connectivity index (χ3n) is 2.31. The number of hydrogen-bond acceptors (Lipinski definition) is 2. The van der Waals surface area contributed by atoms with E-state index in [0.29, 0.717) is 6.54 Å². The molecule has 0 aliphatic heterocycles. The van der Waals surface area contributed by atoms with E-state index in [1.54, 1.807) is 0 Å². The van der Waals surface area contributed by atoms with Crippen molar-refractivity contribution in [3.8, 4) is 5.75 Å². The molecule has 13 heavy (non-hydrogen) atoms. The smallest absolute Gasteiger partial charge is 0.121 e. The molecule has 0 aromatic heterocycles. The fourth-order valence-electron chi connectivity index (χ4n) is 1.27. The highest BCUT2D eigenvalue weighted by atomic mass is 79.9. The first-order valence-corrected chi connectivity index (χ1v) is 5.18. The van der Waals surface area contributed by atoms with Crippen LogP contribution in [0.2, 0.25) is 0 Å². The third kappa shape index (κ3) is 2.03. The largest absolute Gasteiger partial charge is 0.486 e. The Labute approximate surface area is 86.2 Å². The highest BCUT2D eigenvalue weighted by Gasteiger charge is 2.44. The van der Waals surface area contributed by atoms with E-state index < -0.39 is 0 Å². The van der Waals surface area contributed by atoms with Crippen molar-refractivity contribution in [1.82, 2.24) is 0 Å². The van der Waals surface area contributed by atoms with Crippen LogP contribution in [-0.2, 0) is 0 Å². The zero-order valence-electron chi connectivity index (χ0n) is 7.29. The van der Waals surface area contributed by atoms with Crippen LogP contribution < -0.4 is 10.5 Å². The summed E-state index contributed by atoms with van der Waals surface area (Å²) in [5.74, 6) is 0.900. The standard InChI is InChI=1S/C10H12BrNO/c11-8-2-1-3-9(6-8)13-10(7-12)4-5-10/h1-3,6H,4-5,7,12H2. The lowest BCUT2D eigenvalue weighted by Crippen LogP contribution is -2.28. The van der Waals surface area contributed by atoms with Crippen LogP contribution in [0.25, 0.3) is 0 Å². The molecule has 1 aromatic rings. The first-order valence-electron chi connectivity index (χ1n) is 4.39. The summed E-state index contributed by atoms with van der Waals surface area (Å²) in [7, 11) is 0. The summed E-state index contributed by atoms with van der Waals surface area (Å²) in [4.78, 5) is 0. The molecule has 1 aliphatic carbocycles. The lowest BCUT2D eigenvalue weighted by molar-refractivity contribution is 0.187. The average molecular weight is 242 g/mol. The van der Waals surface area contributed by atoms with Crippen LogP contribution in [0.15, 0.2) is 28.7 Å². The first-order chi connectivity index (χ1) is 6.24. The van der Waals surface area contributed by atoms with Gasteiger partial charge in [-0.2, -0.15) is 0 Å². The summed E-state index contributed by atoms with van der Waals surface area (Å²) in [5, 5.41) is 0. The molecule has 0 bridgehead atoms. The van der Waals surface area contributed by atoms with E-state index in [-0.39, 0.29) is 5.60 Å². The summed E-state index contributed by atoms with van der Waals surface area (Å²) in [6.45, 7) is 0.611. The molecule has 0 amide bonds. The van der Waals surface area contributed by atoms with Crippen LogP contribution in [0.4, 0.5) is 0 Å². The Morgan fingerprint density at radius 3 is 2.77 bits per heavy atom. The van der Waals surface area contributed by atoms with E-state index in [9.17, 15) is 0 Å². The van der Waals surface area contributed by atoms with E-state index in [4.69, 9.17) is 10.5 Å². The van der Waals surface area contributed by atoms with Crippen molar-refractivity contribution in [2.45, 2.75) is 18.4 Å². The van der Waals surface area contributed by atoms with Crippen molar-refractivity contribution >= 4 is 15.9 Å². The minimum absolute atomic E-state index is 0.0548. The van der Waals surface area contributed by atoms with Crippen LogP contribution in [-0.4, -0.2) is 12.1 Å². The Morgan fingerprint density at radius 1 is 1.46 bits per heavy atom. The maximum atomic E-state index is 5.79. The molecular formula is C10H12BrNO. The van der Waals surface area contributed by atoms with E-state index in [0.717, 1.165) is 23.1 Å². The van der Waals surface area contributed by atoms with Crippen molar-refractivity contribution < 1.29 is 4.74 Å². The molecule has 0 heterocycles. The van der Waals surface area contributed by atoms with Gasteiger partial charge >= 0.3 is 0 Å². The quantitative estimate of drug-likeness (QED) is 0.882. The average Bonchev–Trinajstić information content (AvgIpc) is 2.86. The van der Waals surface area contributed by atoms with Gasteiger partial charge in [-0.25, -0.2) is 0 Å². The second-order valence-corrected chi connectivity index (χ2v) is 4.36. The number of hydrogen-bond donors (Lipinski definition) is 1. The summed E-state index contributed by atoms with van der Waals surface area (Å²) in [6, 6.07) is 7.87. The van der Waals surface area contributed by atoms with Gasteiger partial charge in [0, 0.05) is 11.0 Å². The minimum Gasteiger partial charge on any atom is -0.486 e. The van der Waals surface area contributed by atoms with Gasteiger partial charge in [0.1, 0.15) is 11.4 Å². The van der Waals surface area contributed by atoms with Crippen LogP contribution in [0, 0.1) is 0 Å². The fraction of sp³-hybridized carbons (Fsp3) is 0.400. The Kier molecular flexibility index (Phi) is 2.30. The molecule has 3 heteroatoms. The van der Waals surface area contributed by atoms with Crippen LogP contribution in [0.5, 0.6) is 5.75 Å². The fourth-order valence-corrected chi connectivity index (χ4v) is 1.65. The molecule has 1 fully saturated rings. The molecule has 0 atom stereocenters. The van der Waals surface area contributed by atoms with Gasteiger partial charge in [0.15, 0.2) is 0 Å². The van der Waals surface area contributed by atoms with Gasteiger partial charge in [-0.3, -0.25) is 0 Å². The number of halogens is 1. The molecule has 0 radical (unpaired) electrons. The van der Waals surface area contributed by atoms with Gasteiger partial charge in [0.2, 0.25) is 0 Å². The third-order valence-corrected chi connectivity index (χ3v) is 2.80. The van der Waals surface area contributed by atoms with Gasteiger partial charge in [-0.1, -0.05) is 22.0 Å².